The van der Waals surface area contributed by atoms with E-state index in [4.69, 9.17) is 0 Å². The molecule has 11 heavy (non-hydrogen) atoms. The molecule has 0 atom stereocenters. The topological polar surface area (TPSA) is 88.7 Å². The summed E-state index contributed by atoms with van der Waals surface area (Å²) in [7, 11) is 2.43. The van der Waals surface area contributed by atoms with Gasteiger partial charge in [-0.3, -0.25) is 4.84 Å². The zero-order chi connectivity index (χ0) is 8.69. The number of urea groups is 1. The molecule has 0 unspecified atom stereocenters. The summed E-state index contributed by atoms with van der Waals surface area (Å²) in [6.07, 6.45) is -0.767. The first-order valence-electron chi connectivity index (χ1n) is 2.63. The van der Waals surface area contributed by atoms with E-state index in [1.54, 1.807) is 0 Å². The van der Waals surface area contributed by atoms with Gasteiger partial charge in [0.1, 0.15) is 0 Å². The third-order valence-electron chi connectivity index (χ3n) is 0.658. The fraction of sp³-hybridized carbons (Fsp3) is 0.500. The predicted octanol–water partition coefficient (Wildman–Crippen LogP) is -0.882. The number of ether oxygens (including phenoxy) is 1. The van der Waals surface area contributed by atoms with Crippen LogP contribution in [0.4, 0.5) is 9.59 Å². The van der Waals surface area contributed by atoms with Gasteiger partial charge in [-0.1, -0.05) is 0 Å². The van der Waals surface area contributed by atoms with Gasteiger partial charge in [0.25, 0.3) is 0 Å². The van der Waals surface area contributed by atoms with Crippen molar-refractivity contribution in [2.75, 3.05) is 14.2 Å². The van der Waals surface area contributed by atoms with Crippen molar-refractivity contribution in [1.82, 2.24) is 16.3 Å². The van der Waals surface area contributed by atoms with Crippen molar-refractivity contribution < 1.29 is 19.2 Å². The molecule has 0 saturated heterocycles. The average molecular weight is 163 g/mol. The van der Waals surface area contributed by atoms with E-state index in [1.165, 1.54) is 14.2 Å². The standard InChI is InChI=1S/C4H9N3O4/c1-10-4(9)6-5-3(8)7-11-2/h1-2H3,(H,6,9)(H2,5,7,8). The molecule has 0 fully saturated rings. The fourth-order valence-corrected chi connectivity index (χ4v) is 0.277. The SMILES string of the molecule is CONC(=O)NNC(=O)OC. The van der Waals surface area contributed by atoms with Crippen molar-refractivity contribution in [3.8, 4) is 0 Å². The quantitative estimate of drug-likeness (QED) is 0.438. The molecule has 0 saturated carbocycles. The second kappa shape index (κ2) is 5.30. The highest BCUT2D eigenvalue weighted by Gasteiger charge is 2.00. The second-order valence-corrected chi connectivity index (χ2v) is 1.38. The number of hydrogen-bond acceptors (Lipinski definition) is 4. The molecule has 7 nitrogen and oxygen atoms in total. The molecule has 0 aromatic rings. The molecule has 0 aliphatic rings. The molecule has 3 N–H and O–H groups in total. The monoisotopic (exact) mass is 163 g/mol. The van der Waals surface area contributed by atoms with E-state index in [0.29, 0.717) is 0 Å². The Labute approximate surface area is 63.0 Å². The van der Waals surface area contributed by atoms with Gasteiger partial charge in [-0.05, 0) is 0 Å². The maximum absolute atomic E-state index is 10.4. The van der Waals surface area contributed by atoms with Crippen molar-refractivity contribution in [2.45, 2.75) is 0 Å². The van der Waals surface area contributed by atoms with Crippen LogP contribution in [0.15, 0.2) is 0 Å². The van der Waals surface area contributed by atoms with Crippen molar-refractivity contribution in [1.29, 1.82) is 0 Å². The van der Waals surface area contributed by atoms with Crippen LogP contribution in [-0.4, -0.2) is 26.3 Å². The number of rotatable bonds is 1. The number of methoxy groups -OCH3 is 1. The van der Waals surface area contributed by atoms with Crippen LogP contribution in [-0.2, 0) is 9.57 Å². The minimum atomic E-state index is -0.767. The zero-order valence-electron chi connectivity index (χ0n) is 6.13. The number of nitrogens with one attached hydrogen (secondary N) is 3. The molecule has 3 amide bonds. The summed E-state index contributed by atoms with van der Waals surface area (Å²) in [5.74, 6) is 0. The molecule has 0 bridgehead atoms. The van der Waals surface area contributed by atoms with Gasteiger partial charge in [-0.2, -0.15) is 0 Å². The van der Waals surface area contributed by atoms with Crippen molar-refractivity contribution in [3.63, 3.8) is 0 Å². The van der Waals surface area contributed by atoms with E-state index in [2.05, 4.69) is 9.57 Å². The number of hydroxylamine groups is 1. The van der Waals surface area contributed by atoms with Crippen molar-refractivity contribution in [3.05, 3.63) is 0 Å². The highest BCUT2D eigenvalue weighted by molar-refractivity contribution is 5.76. The predicted molar refractivity (Wildman–Crippen MR) is 34.2 cm³/mol. The minimum absolute atomic E-state index is 0.696. The Kier molecular flexibility index (Phi) is 4.58. The average Bonchev–Trinajstić information content (AvgIpc) is 2.01. The summed E-state index contributed by atoms with van der Waals surface area (Å²) in [5, 5.41) is 0. The summed E-state index contributed by atoms with van der Waals surface area (Å²) < 4.78 is 4.15. The van der Waals surface area contributed by atoms with Gasteiger partial charge in [-0.25, -0.2) is 25.9 Å². The summed E-state index contributed by atoms with van der Waals surface area (Å²) in [4.78, 5) is 25.0. The third-order valence-corrected chi connectivity index (χ3v) is 0.658. The van der Waals surface area contributed by atoms with Crippen LogP contribution >= 0.6 is 0 Å². The molecule has 0 spiro atoms. The van der Waals surface area contributed by atoms with Gasteiger partial charge in [0.15, 0.2) is 0 Å². The number of amides is 3. The minimum Gasteiger partial charge on any atom is -0.452 e. The second-order valence-electron chi connectivity index (χ2n) is 1.38. The molecule has 0 aliphatic heterocycles. The Bertz CT molecular complexity index is 148. The van der Waals surface area contributed by atoms with Crippen LogP contribution in [0.3, 0.4) is 0 Å². The lowest BCUT2D eigenvalue weighted by atomic mass is 11.1. The van der Waals surface area contributed by atoms with Crippen LogP contribution in [0.5, 0.6) is 0 Å². The van der Waals surface area contributed by atoms with Gasteiger partial charge >= 0.3 is 12.1 Å². The molecule has 0 heterocycles. The van der Waals surface area contributed by atoms with E-state index in [1.807, 2.05) is 16.3 Å². The Hall–Kier alpha value is -1.50. The molecular formula is C4H9N3O4. The maximum atomic E-state index is 10.4. The Morgan fingerprint density at radius 1 is 1.18 bits per heavy atom. The number of carbonyl (C=O) groups is 2. The normalized spacial score (nSPS) is 8.18. The number of hydrogen-bond donors (Lipinski definition) is 3. The molecular weight excluding hydrogens is 154 g/mol. The summed E-state index contributed by atoms with van der Waals surface area (Å²) in [6, 6.07) is -0.696. The van der Waals surface area contributed by atoms with Gasteiger partial charge in [0.05, 0.1) is 14.2 Å². The molecule has 0 radical (unpaired) electrons. The first kappa shape index (κ1) is 9.50. The zero-order valence-corrected chi connectivity index (χ0v) is 6.13. The fourth-order valence-electron chi connectivity index (χ4n) is 0.277. The highest BCUT2D eigenvalue weighted by Crippen LogP contribution is 1.66. The first-order valence-corrected chi connectivity index (χ1v) is 2.63. The molecule has 0 aromatic heterocycles. The van der Waals surface area contributed by atoms with Crippen LogP contribution < -0.4 is 16.3 Å². The lowest BCUT2D eigenvalue weighted by Gasteiger charge is -2.04. The van der Waals surface area contributed by atoms with E-state index >= 15 is 0 Å². The maximum Gasteiger partial charge on any atom is 0.425 e. The Morgan fingerprint density at radius 3 is 2.27 bits per heavy atom. The largest absolute Gasteiger partial charge is 0.452 e. The Balaban J connectivity index is 3.38. The molecule has 0 aromatic carbocycles. The van der Waals surface area contributed by atoms with Crippen LogP contribution in [0, 0.1) is 0 Å². The van der Waals surface area contributed by atoms with Gasteiger partial charge < -0.3 is 4.74 Å². The van der Waals surface area contributed by atoms with Gasteiger partial charge in [-0.15, -0.1) is 0 Å². The molecule has 0 rings (SSSR count). The highest BCUT2D eigenvalue weighted by atomic mass is 16.6. The van der Waals surface area contributed by atoms with Crippen molar-refractivity contribution >= 4 is 12.1 Å². The third kappa shape index (κ3) is 4.97. The summed E-state index contributed by atoms with van der Waals surface area (Å²) in [5.41, 5.74) is 5.75. The van der Waals surface area contributed by atoms with Crippen LogP contribution in [0.1, 0.15) is 0 Å². The van der Waals surface area contributed by atoms with E-state index in [0.717, 1.165) is 0 Å². The van der Waals surface area contributed by atoms with E-state index in [-0.39, 0.29) is 0 Å². The number of carbonyl (C=O) groups excluding carboxylic acids is 2. The lowest BCUT2D eigenvalue weighted by Crippen LogP contribution is -2.46. The smallest absolute Gasteiger partial charge is 0.425 e. The first-order chi connectivity index (χ1) is 5.20. The van der Waals surface area contributed by atoms with Crippen LogP contribution in [0.25, 0.3) is 0 Å². The lowest BCUT2D eigenvalue weighted by molar-refractivity contribution is 0.104. The molecule has 64 valence electrons. The Morgan fingerprint density at radius 2 is 1.82 bits per heavy atom. The van der Waals surface area contributed by atoms with E-state index in [9.17, 15) is 9.59 Å². The summed E-state index contributed by atoms with van der Waals surface area (Å²) >= 11 is 0. The molecule has 0 aliphatic carbocycles. The summed E-state index contributed by atoms with van der Waals surface area (Å²) in [6.45, 7) is 0. The van der Waals surface area contributed by atoms with Crippen molar-refractivity contribution in [2.24, 2.45) is 0 Å². The van der Waals surface area contributed by atoms with Gasteiger partial charge in [0.2, 0.25) is 0 Å². The molecule has 7 heteroatoms. The number of hydrazine groups is 1. The van der Waals surface area contributed by atoms with E-state index < -0.39 is 12.1 Å². The van der Waals surface area contributed by atoms with Gasteiger partial charge in [0, 0.05) is 0 Å². The van der Waals surface area contributed by atoms with Crippen LogP contribution in [0.2, 0.25) is 0 Å².